The topological polar surface area (TPSA) is 128 Å². The molecule has 0 unspecified atom stereocenters. The minimum Gasteiger partial charge on any atom is -0.462 e. The number of aliphatic hydroxyl groups is 1. The van der Waals surface area contributed by atoms with Crippen LogP contribution < -0.4 is 5.32 Å². The molecule has 0 aliphatic carbocycles. The second-order valence-electron chi connectivity index (χ2n) is 6.18. The average Bonchev–Trinajstić information content (AvgIpc) is 3.08. The van der Waals surface area contributed by atoms with Crippen LogP contribution in [-0.4, -0.2) is 48.7 Å². The number of thiophene rings is 1. The second-order valence-corrected chi connectivity index (χ2v) is 7.20. The summed E-state index contributed by atoms with van der Waals surface area (Å²) in [7, 11) is 0. The fraction of sp³-hybridized carbons (Fsp3) is 0.333. The number of ether oxygens (including phenoxy) is 3. The molecular formula is C21H23NO8S. The highest BCUT2D eigenvalue weighted by atomic mass is 32.1. The molecule has 0 radical (unpaired) electrons. The summed E-state index contributed by atoms with van der Waals surface area (Å²) in [5.74, 6) is -2.72. The Balaban J connectivity index is 2.13. The summed E-state index contributed by atoms with van der Waals surface area (Å²) in [6.45, 7) is 4.35. The quantitative estimate of drug-likeness (QED) is 0.442. The molecule has 9 nitrogen and oxygen atoms in total. The van der Waals surface area contributed by atoms with Crippen LogP contribution in [0.1, 0.15) is 55.4 Å². The van der Waals surface area contributed by atoms with Crippen LogP contribution in [-0.2, 0) is 25.6 Å². The standard InChI is InChI=1S/C21H23NO8S/c1-4-28-20(26)16-12(3)17(21(27)29-5-2)31-18(16)22-15(24)11-30-19(25)14-8-6-13(10-23)7-9-14/h6-9,23H,4-5,10-11H2,1-3H3,(H,22,24). The van der Waals surface area contributed by atoms with Gasteiger partial charge in [0.15, 0.2) is 6.61 Å². The molecule has 0 fully saturated rings. The minimum absolute atomic E-state index is 0.0502. The van der Waals surface area contributed by atoms with Crippen molar-refractivity contribution in [3.63, 3.8) is 0 Å². The lowest BCUT2D eigenvalue weighted by molar-refractivity contribution is -0.119. The second kappa shape index (κ2) is 11.2. The molecule has 0 atom stereocenters. The first-order valence-corrected chi connectivity index (χ1v) is 10.3. The molecule has 1 aromatic carbocycles. The van der Waals surface area contributed by atoms with Crippen LogP contribution >= 0.6 is 11.3 Å². The summed E-state index contributed by atoms with van der Waals surface area (Å²) < 4.78 is 15.0. The average molecular weight is 449 g/mol. The van der Waals surface area contributed by atoms with Crippen molar-refractivity contribution in [2.45, 2.75) is 27.4 Å². The summed E-state index contributed by atoms with van der Waals surface area (Å²) in [5, 5.41) is 11.6. The number of aliphatic hydroxyl groups excluding tert-OH is 1. The smallest absolute Gasteiger partial charge is 0.348 e. The van der Waals surface area contributed by atoms with E-state index in [0.717, 1.165) is 11.3 Å². The number of nitrogens with one attached hydrogen (secondary N) is 1. The van der Waals surface area contributed by atoms with Gasteiger partial charge < -0.3 is 24.6 Å². The molecule has 2 rings (SSSR count). The molecule has 1 heterocycles. The number of amides is 1. The van der Waals surface area contributed by atoms with Gasteiger partial charge in [0.2, 0.25) is 0 Å². The van der Waals surface area contributed by atoms with Gasteiger partial charge >= 0.3 is 17.9 Å². The Morgan fingerprint density at radius 2 is 1.55 bits per heavy atom. The Morgan fingerprint density at radius 1 is 0.935 bits per heavy atom. The summed E-state index contributed by atoms with van der Waals surface area (Å²) in [6.07, 6.45) is 0. The summed E-state index contributed by atoms with van der Waals surface area (Å²) >= 11 is 0.880. The van der Waals surface area contributed by atoms with Gasteiger partial charge in [0.25, 0.3) is 5.91 Å². The Bertz CT molecular complexity index is 965. The van der Waals surface area contributed by atoms with Gasteiger partial charge in [-0.2, -0.15) is 0 Å². The monoisotopic (exact) mass is 449 g/mol. The van der Waals surface area contributed by atoms with E-state index in [2.05, 4.69) is 5.32 Å². The molecule has 0 bridgehead atoms. The lowest BCUT2D eigenvalue weighted by atomic mass is 10.1. The number of carbonyl (C=O) groups is 4. The van der Waals surface area contributed by atoms with E-state index in [9.17, 15) is 19.2 Å². The first kappa shape index (κ1) is 24.0. The maximum absolute atomic E-state index is 12.3. The van der Waals surface area contributed by atoms with Crippen molar-refractivity contribution in [1.82, 2.24) is 0 Å². The van der Waals surface area contributed by atoms with Crippen molar-refractivity contribution < 1.29 is 38.5 Å². The maximum atomic E-state index is 12.3. The van der Waals surface area contributed by atoms with E-state index in [4.69, 9.17) is 19.3 Å². The molecule has 0 aliphatic rings. The highest BCUT2D eigenvalue weighted by Gasteiger charge is 2.27. The molecule has 1 aromatic heterocycles. The van der Waals surface area contributed by atoms with E-state index in [0.29, 0.717) is 11.1 Å². The lowest BCUT2D eigenvalue weighted by Gasteiger charge is -2.08. The molecule has 0 aliphatic heterocycles. The largest absolute Gasteiger partial charge is 0.462 e. The fourth-order valence-electron chi connectivity index (χ4n) is 2.57. The predicted molar refractivity (Wildman–Crippen MR) is 112 cm³/mol. The molecule has 2 N–H and O–H groups in total. The van der Waals surface area contributed by atoms with Crippen LogP contribution in [0.3, 0.4) is 0 Å². The normalized spacial score (nSPS) is 10.3. The van der Waals surface area contributed by atoms with Crippen LogP contribution in [0.2, 0.25) is 0 Å². The Kier molecular flexibility index (Phi) is 8.71. The first-order chi connectivity index (χ1) is 14.8. The number of hydrogen-bond acceptors (Lipinski definition) is 9. The highest BCUT2D eigenvalue weighted by molar-refractivity contribution is 7.18. The minimum atomic E-state index is -0.722. The van der Waals surface area contributed by atoms with Crippen molar-refractivity contribution in [1.29, 1.82) is 0 Å². The summed E-state index contributed by atoms with van der Waals surface area (Å²) in [5.41, 5.74) is 1.23. The lowest BCUT2D eigenvalue weighted by Crippen LogP contribution is -2.21. The number of esters is 3. The van der Waals surface area contributed by atoms with Gasteiger partial charge in [-0.05, 0) is 44.0 Å². The zero-order valence-electron chi connectivity index (χ0n) is 17.4. The van der Waals surface area contributed by atoms with Crippen LogP contribution in [0, 0.1) is 6.92 Å². The number of benzene rings is 1. The van der Waals surface area contributed by atoms with Crippen molar-refractivity contribution in [2.75, 3.05) is 25.1 Å². The fourth-order valence-corrected chi connectivity index (χ4v) is 3.67. The van der Waals surface area contributed by atoms with Crippen molar-refractivity contribution >= 4 is 40.2 Å². The third-order valence-corrected chi connectivity index (χ3v) is 5.23. The Labute approximate surface area is 182 Å². The molecule has 0 spiro atoms. The number of rotatable bonds is 9. The van der Waals surface area contributed by atoms with E-state index < -0.39 is 30.4 Å². The molecule has 2 aromatic rings. The van der Waals surface area contributed by atoms with Gasteiger partial charge in [-0.15, -0.1) is 11.3 Å². The highest BCUT2D eigenvalue weighted by Crippen LogP contribution is 2.34. The molecule has 0 saturated carbocycles. The maximum Gasteiger partial charge on any atom is 0.348 e. The van der Waals surface area contributed by atoms with E-state index >= 15 is 0 Å². The van der Waals surface area contributed by atoms with Gasteiger partial charge in [0, 0.05) is 0 Å². The Morgan fingerprint density at radius 3 is 2.13 bits per heavy atom. The van der Waals surface area contributed by atoms with E-state index in [-0.39, 0.29) is 40.8 Å². The van der Waals surface area contributed by atoms with Crippen molar-refractivity contribution in [3.8, 4) is 0 Å². The van der Waals surface area contributed by atoms with Gasteiger partial charge in [-0.25, -0.2) is 14.4 Å². The van der Waals surface area contributed by atoms with E-state index in [1.165, 1.54) is 12.1 Å². The summed E-state index contributed by atoms with van der Waals surface area (Å²) in [4.78, 5) is 49.1. The van der Waals surface area contributed by atoms with Gasteiger partial charge in [-0.3, -0.25) is 4.79 Å². The number of hydrogen-bond donors (Lipinski definition) is 2. The molecule has 0 saturated heterocycles. The first-order valence-electron chi connectivity index (χ1n) is 9.46. The molecule has 10 heteroatoms. The van der Waals surface area contributed by atoms with Gasteiger partial charge in [0.05, 0.1) is 30.9 Å². The van der Waals surface area contributed by atoms with Crippen LogP contribution in [0.25, 0.3) is 0 Å². The molecular weight excluding hydrogens is 426 g/mol. The zero-order valence-corrected chi connectivity index (χ0v) is 18.2. The molecule has 166 valence electrons. The number of anilines is 1. The van der Waals surface area contributed by atoms with Gasteiger partial charge in [0.1, 0.15) is 9.88 Å². The van der Waals surface area contributed by atoms with Crippen LogP contribution in [0.5, 0.6) is 0 Å². The van der Waals surface area contributed by atoms with Crippen molar-refractivity contribution in [2.24, 2.45) is 0 Å². The third kappa shape index (κ3) is 6.12. The van der Waals surface area contributed by atoms with E-state index in [1.54, 1.807) is 32.9 Å². The third-order valence-electron chi connectivity index (χ3n) is 4.05. The van der Waals surface area contributed by atoms with Gasteiger partial charge in [-0.1, -0.05) is 12.1 Å². The van der Waals surface area contributed by atoms with Crippen molar-refractivity contribution in [3.05, 3.63) is 51.4 Å². The van der Waals surface area contributed by atoms with Crippen LogP contribution in [0.4, 0.5) is 5.00 Å². The SMILES string of the molecule is CCOC(=O)c1sc(NC(=O)COC(=O)c2ccc(CO)cc2)c(C(=O)OCC)c1C. The molecule has 31 heavy (non-hydrogen) atoms. The zero-order chi connectivity index (χ0) is 23.0. The van der Waals surface area contributed by atoms with E-state index in [1.807, 2.05) is 0 Å². The van der Waals surface area contributed by atoms with Crippen LogP contribution in [0.15, 0.2) is 24.3 Å². The predicted octanol–water partition coefficient (Wildman–Crippen LogP) is 2.70. The summed E-state index contributed by atoms with van der Waals surface area (Å²) in [6, 6.07) is 6.07. The molecule has 1 amide bonds. The Hall–Kier alpha value is -3.24. The number of carbonyl (C=O) groups excluding carboxylic acids is 4.